The maximum absolute atomic E-state index is 14.3. The second kappa shape index (κ2) is 11.1. The second-order valence-electron chi connectivity index (χ2n) is 7.56. The van der Waals surface area contributed by atoms with Crippen LogP contribution in [-0.2, 0) is 11.2 Å². The number of aromatic nitrogens is 5. The van der Waals surface area contributed by atoms with Gasteiger partial charge in [-0.2, -0.15) is 18.3 Å². The molecule has 0 spiro atoms. The molecule has 1 atom stereocenters. The number of carbonyl (C=O) groups is 2. The predicted molar refractivity (Wildman–Crippen MR) is 114 cm³/mol. The summed E-state index contributed by atoms with van der Waals surface area (Å²) in [6.45, 7) is 3.73. The van der Waals surface area contributed by atoms with Crippen molar-refractivity contribution in [2.75, 3.05) is 19.6 Å². The summed E-state index contributed by atoms with van der Waals surface area (Å²) in [6.07, 6.45) is -0.100. The minimum Gasteiger partial charge on any atom is -0.475 e. The first-order valence-electron chi connectivity index (χ1n) is 10.6. The largest absolute Gasteiger partial charge is 0.490 e. The van der Waals surface area contributed by atoms with Crippen LogP contribution in [0.25, 0.3) is 5.69 Å². The number of aliphatic carboxylic acids is 1. The van der Waals surface area contributed by atoms with Crippen LogP contribution in [0.4, 0.5) is 17.6 Å². The van der Waals surface area contributed by atoms with Crippen LogP contribution in [0.5, 0.6) is 0 Å². The van der Waals surface area contributed by atoms with Crippen LogP contribution < -0.4 is 5.32 Å². The number of amides is 1. The molecule has 1 aliphatic heterocycles. The highest BCUT2D eigenvalue weighted by molar-refractivity contribution is 5.90. The van der Waals surface area contributed by atoms with Gasteiger partial charge in [0.2, 0.25) is 5.82 Å². The van der Waals surface area contributed by atoms with E-state index in [-0.39, 0.29) is 17.8 Å². The number of hydrogen-bond acceptors (Lipinski definition) is 6. The van der Waals surface area contributed by atoms with Crippen molar-refractivity contribution in [3.8, 4) is 5.69 Å². The molecule has 1 amide bonds. The normalized spacial score (nSPS) is 15.9. The Morgan fingerprint density at radius 1 is 1.26 bits per heavy atom. The summed E-state index contributed by atoms with van der Waals surface area (Å²) in [7, 11) is 0. The van der Waals surface area contributed by atoms with Crippen molar-refractivity contribution >= 4 is 11.9 Å². The number of nitrogens with one attached hydrogen (secondary N) is 2. The highest BCUT2D eigenvalue weighted by Gasteiger charge is 2.38. The number of halogens is 4. The monoisotopic (exact) mass is 497 g/mol. The zero-order chi connectivity index (χ0) is 25.6. The van der Waals surface area contributed by atoms with E-state index in [0.29, 0.717) is 37.6 Å². The molecule has 3 aromatic rings. The van der Waals surface area contributed by atoms with Crippen molar-refractivity contribution in [2.45, 2.75) is 32.0 Å². The molecule has 0 radical (unpaired) electrons. The molecular weight excluding hydrogens is 474 g/mol. The predicted octanol–water partition coefficient (Wildman–Crippen LogP) is 2.50. The van der Waals surface area contributed by atoms with Gasteiger partial charge in [-0.25, -0.2) is 18.9 Å². The van der Waals surface area contributed by atoms with E-state index in [1.54, 1.807) is 29.3 Å². The van der Waals surface area contributed by atoms with Crippen LogP contribution in [0.1, 0.15) is 41.4 Å². The molecule has 0 aliphatic carbocycles. The zero-order valence-corrected chi connectivity index (χ0v) is 18.6. The summed E-state index contributed by atoms with van der Waals surface area (Å²) < 4.78 is 47.5. The van der Waals surface area contributed by atoms with Gasteiger partial charge in [-0.05, 0) is 18.6 Å². The van der Waals surface area contributed by atoms with Crippen molar-refractivity contribution in [1.29, 1.82) is 0 Å². The Hall–Kier alpha value is -3.81. The summed E-state index contributed by atoms with van der Waals surface area (Å²) in [4.78, 5) is 28.1. The third-order valence-corrected chi connectivity index (χ3v) is 5.05. The fourth-order valence-corrected chi connectivity index (χ4v) is 3.39. The van der Waals surface area contributed by atoms with E-state index in [1.807, 2.05) is 13.1 Å². The van der Waals surface area contributed by atoms with Gasteiger partial charge in [0, 0.05) is 37.8 Å². The highest BCUT2D eigenvalue weighted by atomic mass is 19.4. The molecule has 0 saturated carbocycles. The molecule has 4 rings (SSSR count). The van der Waals surface area contributed by atoms with Gasteiger partial charge in [0.1, 0.15) is 17.3 Å². The molecular formula is C21H23F4N7O3. The van der Waals surface area contributed by atoms with E-state index in [0.717, 1.165) is 12.0 Å². The van der Waals surface area contributed by atoms with Crippen LogP contribution in [0.2, 0.25) is 0 Å². The number of aromatic amines is 1. The molecule has 35 heavy (non-hydrogen) atoms. The number of benzene rings is 1. The van der Waals surface area contributed by atoms with Crippen LogP contribution in [0.3, 0.4) is 0 Å². The number of nitrogens with zero attached hydrogens (tertiary/aromatic N) is 5. The maximum Gasteiger partial charge on any atom is 0.490 e. The Morgan fingerprint density at radius 3 is 2.57 bits per heavy atom. The summed E-state index contributed by atoms with van der Waals surface area (Å²) >= 11 is 0. The number of rotatable bonds is 5. The molecule has 188 valence electrons. The van der Waals surface area contributed by atoms with E-state index in [9.17, 15) is 22.4 Å². The third kappa shape index (κ3) is 6.41. The van der Waals surface area contributed by atoms with E-state index in [4.69, 9.17) is 9.90 Å². The number of carboxylic acids is 1. The van der Waals surface area contributed by atoms with Crippen LogP contribution in [0.15, 0.2) is 36.7 Å². The Kier molecular flexibility index (Phi) is 8.17. The average Bonchev–Trinajstić information content (AvgIpc) is 3.50. The van der Waals surface area contributed by atoms with Crippen molar-refractivity contribution in [2.24, 2.45) is 0 Å². The number of aryl methyl sites for hydroxylation is 1. The van der Waals surface area contributed by atoms with Gasteiger partial charge in [0.15, 0.2) is 0 Å². The van der Waals surface area contributed by atoms with Crippen LogP contribution in [0, 0.1) is 5.82 Å². The first kappa shape index (κ1) is 25.8. The molecule has 1 aliphatic rings. The van der Waals surface area contributed by atoms with Gasteiger partial charge in [-0.1, -0.05) is 19.1 Å². The van der Waals surface area contributed by atoms with Gasteiger partial charge in [-0.3, -0.25) is 9.89 Å². The Labute approximate surface area is 197 Å². The molecule has 1 unspecified atom stereocenters. The molecule has 0 bridgehead atoms. The standard InChI is InChI=1S/C19H22FN7O.C2HF3O2/c1-2-5-17-24-18(25-27(17)16-7-4-3-6-14(16)20)19(28)26-9-8-21-15(12-26)13-10-22-23-11-13;3-2(4,5)1(6)7/h3-4,6-7,10-11,15,21H,2,5,8-9,12H2,1H3,(H,22,23);(H,6,7). The SMILES string of the molecule is CCCc1nc(C(=O)N2CCNC(c3cn[nH]c3)C2)nn1-c1ccccc1F.O=C(O)C(F)(F)F. The second-order valence-corrected chi connectivity index (χ2v) is 7.56. The number of piperazine rings is 1. The summed E-state index contributed by atoms with van der Waals surface area (Å²) in [5.74, 6) is -2.72. The van der Waals surface area contributed by atoms with Crippen molar-refractivity contribution in [1.82, 2.24) is 35.2 Å². The third-order valence-electron chi connectivity index (χ3n) is 5.05. The Balaban J connectivity index is 0.000000429. The van der Waals surface area contributed by atoms with Gasteiger partial charge in [0.25, 0.3) is 5.91 Å². The van der Waals surface area contributed by atoms with E-state index >= 15 is 0 Å². The molecule has 3 N–H and O–H groups in total. The summed E-state index contributed by atoms with van der Waals surface area (Å²) in [5, 5.41) is 21.6. The van der Waals surface area contributed by atoms with Gasteiger partial charge < -0.3 is 15.3 Å². The van der Waals surface area contributed by atoms with E-state index in [1.165, 1.54) is 10.7 Å². The number of para-hydroxylation sites is 1. The van der Waals surface area contributed by atoms with E-state index < -0.39 is 18.0 Å². The van der Waals surface area contributed by atoms with Crippen LogP contribution >= 0.6 is 0 Å². The topological polar surface area (TPSA) is 129 Å². The average molecular weight is 497 g/mol. The molecule has 14 heteroatoms. The lowest BCUT2D eigenvalue weighted by atomic mass is 10.1. The van der Waals surface area contributed by atoms with Crippen molar-refractivity contribution in [3.63, 3.8) is 0 Å². The fraction of sp³-hybridized carbons (Fsp3) is 0.381. The molecule has 1 saturated heterocycles. The Bertz CT molecular complexity index is 1150. The number of carboxylic acid groups (broad SMARTS) is 1. The molecule has 10 nitrogen and oxygen atoms in total. The van der Waals surface area contributed by atoms with Gasteiger partial charge in [0.05, 0.1) is 12.2 Å². The minimum absolute atomic E-state index is 0.000200. The lowest BCUT2D eigenvalue weighted by Gasteiger charge is -2.32. The Morgan fingerprint density at radius 2 is 1.97 bits per heavy atom. The van der Waals surface area contributed by atoms with Crippen molar-refractivity contribution in [3.05, 3.63) is 59.7 Å². The van der Waals surface area contributed by atoms with Crippen LogP contribution in [-0.4, -0.2) is 72.7 Å². The summed E-state index contributed by atoms with van der Waals surface area (Å²) in [6, 6.07) is 6.37. The maximum atomic E-state index is 14.3. The zero-order valence-electron chi connectivity index (χ0n) is 18.6. The minimum atomic E-state index is -5.08. The fourth-order valence-electron chi connectivity index (χ4n) is 3.39. The quantitative estimate of drug-likeness (QED) is 0.462. The van der Waals surface area contributed by atoms with Gasteiger partial charge in [-0.15, -0.1) is 5.10 Å². The first-order chi connectivity index (χ1) is 16.6. The lowest BCUT2D eigenvalue weighted by molar-refractivity contribution is -0.192. The smallest absolute Gasteiger partial charge is 0.475 e. The first-order valence-corrected chi connectivity index (χ1v) is 10.6. The molecule has 2 aromatic heterocycles. The van der Waals surface area contributed by atoms with Crippen molar-refractivity contribution < 1.29 is 32.3 Å². The number of carbonyl (C=O) groups excluding carboxylic acids is 1. The number of alkyl halides is 3. The molecule has 1 aromatic carbocycles. The molecule has 3 heterocycles. The highest BCUT2D eigenvalue weighted by Crippen LogP contribution is 2.19. The van der Waals surface area contributed by atoms with Gasteiger partial charge >= 0.3 is 12.1 Å². The van der Waals surface area contributed by atoms with E-state index in [2.05, 4.69) is 25.6 Å². The summed E-state index contributed by atoms with van der Waals surface area (Å²) in [5.41, 5.74) is 1.29. The lowest BCUT2D eigenvalue weighted by Crippen LogP contribution is -2.48. The number of hydrogen-bond donors (Lipinski definition) is 3. The number of H-pyrrole nitrogens is 1. The molecule has 1 fully saturated rings.